The summed E-state index contributed by atoms with van der Waals surface area (Å²) in [5, 5.41) is 1.51. The summed E-state index contributed by atoms with van der Waals surface area (Å²) in [5.74, 6) is -1.05. The van der Waals surface area contributed by atoms with Gasteiger partial charge in [-0.25, -0.2) is 0 Å². The highest BCUT2D eigenvalue weighted by atomic mass is 79.9. The van der Waals surface area contributed by atoms with Gasteiger partial charge in [-0.05, 0) is 37.1 Å². The van der Waals surface area contributed by atoms with Crippen LogP contribution in [0.1, 0.15) is 13.8 Å². The van der Waals surface area contributed by atoms with E-state index in [0.717, 1.165) is 0 Å². The molecule has 0 saturated heterocycles. The molecular weight excluding hydrogens is 335 g/mol. The Kier molecular flexibility index (Phi) is 4.58. The quantitative estimate of drug-likeness (QED) is 0.524. The average molecular weight is 350 g/mol. The summed E-state index contributed by atoms with van der Waals surface area (Å²) in [4.78, 5) is 0. The molecule has 3 heteroatoms. The van der Waals surface area contributed by atoms with Crippen molar-refractivity contribution in [3.05, 3.63) is 41.5 Å². The van der Waals surface area contributed by atoms with Gasteiger partial charge in [-0.3, -0.25) is 0 Å². The summed E-state index contributed by atoms with van der Waals surface area (Å²) in [6.45, 7) is 4.53. The van der Waals surface area contributed by atoms with Crippen LogP contribution >= 0.6 is 21.5 Å². The molecule has 0 aromatic heterocycles. The molecule has 82 valence electrons. The molecule has 0 aliphatic carbocycles. The molecule has 1 aliphatic heterocycles. The molecule has 0 amide bonds. The molecule has 1 aromatic rings. The molecular formula is C12H15Br2P. The van der Waals surface area contributed by atoms with Crippen molar-refractivity contribution in [2.24, 2.45) is 0 Å². The Bertz CT molecular complexity index is 356. The summed E-state index contributed by atoms with van der Waals surface area (Å²) in [6, 6.07) is 10.9. The van der Waals surface area contributed by atoms with E-state index >= 15 is 0 Å². The number of rotatable bonds is 1. The summed E-state index contributed by atoms with van der Waals surface area (Å²) in [6.07, 6.45) is 2.51. The van der Waals surface area contributed by atoms with Crippen LogP contribution in [0.5, 0.6) is 0 Å². The normalized spacial score (nSPS) is 18.9. The zero-order valence-electron chi connectivity index (χ0n) is 9.00. The van der Waals surface area contributed by atoms with Crippen LogP contribution in [0.2, 0.25) is 0 Å². The lowest BCUT2D eigenvalue weighted by molar-refractivity contribution is -0.00000285. The second-order valence-electron chi connectivity index (χ2n) is 4.08. The highest BCUT2D eigenvalue weighted by molar-refractivity contribution is 9.43. The summed E-state index contributed by atoms with van der Waals surface area (Å²) >= 11 is 4.00. The predicted molar refractivity (Wildman–Crippen MR) is 70.0 cm³/mol. The van der Waals surface area contributed by atoms with Crippen molar-refractivity contribution < 1.29 is 17.0 Å². The maximum atomic E-state index is 4.00. The van der Waals surface area contributed by atoms with Crippen molar-refractivity contribution in [2.75, 3.05) is 12.3 Å². The van der Waals surface area contributed by atoms with Gasteiger partial charge in [-0.2, -0.15) is 0 Å². The fraction of sp³-hybridized carbons (Fsp3) is 0.333. The SMILES string of the molecule is CC1=C(C)C[P+](Br)(c2ccccc2)C1.[Br-]. The van der Waals surface area contributed by atoms with Gasteiger partial charge in [0.05, 0.1) is 12.3 Å². The third kappa shape index (κ3) is 2.72. The molecule has 0 spiro atoms. The zero-order chi connectivity index (χ0) is 10.2. The van der Waals surface area contributed by atoms with Crippen molar-refractivity contribution >= 4 is 26.8 Å². The van der Waals surface area contributed by atoms with Gasteiger partial charge in [-0.1, -0.05) is 18.2 Å². The van der Waals surface area contributed by atoms with Gasteiger partial charge in [0.1, 0.15) is 26.8 Å². The number of hydrogen-bond acceptors (Lipinski definition) is 0. The highest BCUT2D eigenvalue weighted by Crippen LogP contribution is 2.70. The van der Waals surface area contributed by atoms with Crippen molar-refractivity contribution in [1.29, 1.82) is 0 Å². The molecule has 1 heterocycles. The van der Waals surface area contributed by atoms with E-state index in [0.29, 0.717) is 0 Å². The zero-order valence-corrected chi connectivity index (χ0v) is 13.1. The minimum atomic E-state index is -1.05. The maximum Gasteiger partial charge on any atom is 0.145 e. The Morgan fingerprint density at radius 1 is 1.00 bits per heavy atom. The monoisotopic (exact) mass is 348 g/mol. The van der Waals surface area contributed by atoms with Crippen LogP contribution in [0.25, 0.3) is 0 Å². The lowest BCUT2D eigenvalue weighted by atomic mass is 10.2. The second kappa shape index (κ2) is 5.12. The molecule has 15 heavy (non-hydrogen) atoms. The fourth-order valence-corrected chi connectivity index (χ4v) is 8.15. The van der Waals surface area contributed by atoms with Gasteiger partial charge in [-0.15, -0.1) is 0 Å². The van der Waals surface area contributed by atoms with Crippen LogP contribution in [0.15, 0.2) is 41.5 Å². The first-order valence-electron chi connectivity index (χ1n) is 4.89. The highest BCUT2D eigenvalue weighted by Gasteiger charge is 2.43. The van der Waals surface area contributed by atoms with Crippen molar-refractivity contribution in [3.8, 4) is 0 Å². The van der Waals surface area contributed by atoms with Gasteiger partial charge in [0, 0.05) is 0 Å². The first-order chi connectivity index (χ1) is 6.62. The summed E-state index contributed by atoms with van der Waals surface area (Å²) in [5.41, 5.74) is 3.16. The number of allylic oxidation sites excluding steroid dienone is 2. The summed E-state index contributed by atoms with van der Waals surface area (Å²) < 4.78 is 0. The van der Waals surface area contributed by atoms with Gasteiger partial charge < -0.3 is 17.0 Å². The van der Waals surface area contributed by atoms with Crippen molar-refractivity contribution in [1.82, 2.24) is 0 Å². The molecule has 0 unspecified atom stereocenters. The molecule has 1 aromatic carbocycles. The molecule has 1 aliphatic rings. The molecule has 0 atom stereocenters. The van der Waals surface area contributed by atoms with Crippen molar-refractivity contribution in [3.63, 3.8) is 0 Å². The van der Waals surface area contributed by atoms with Crippen LogP contribution in [0, 0.1) is 0 Å². The first-order valence-corrected chi connectivity index (χ1v) is 9.07. The lowest BCUT2D eigenvalue weighted by Gasteiger charge is -2.13. The topological polar surface area (TPSA) is 0 Å². The van der Waals surface area contributed by atoms with Crippen LogP contribution < -0.4 is 22.3 Å². The summed E-state index contributed by atoms with van der Waals surface area (Å²) in [7, 11) is 0. The van der Waals surface area contributed by atoms with Gasteiger partial charge >= 0.3 is 0 Å². The molecule has 0 radical (unpaired) electrons. The maximum absolute atomic E-state index is 4.00. The third-order valence-electron chi connectivity index (χ3n) is 2.92. The second-order valence-corrected chi connectivity index (χ2v) is 11.0. The van der Waals surface area contributed by atoms with E-state index in [1.165, 1.54) is 17.6 Å². The van der Waals surface area contributed by atoms with Crippen LogP contribution in [-0.2, 0) is 0 Å². The number of halogens is 2. The van der Waals surface area contributed by atoms with E-state index in [2.05, 4.69) is 59.7 Å². The van der Waals surface area contributed by atoms with E-state index in [1.54, 1.807) is 11.1 Å². The fourth-order valence-electron chi connectivity index (χ4n) is 1.96. The van der Waals surface area contributed by atoms with E-state index in [1.807, 2.05) is 0 Å². The third-order valence-corrected chi connectivity index (χ3v) is 8.83. The van der Waals surface area contributed by atoms with E-state index < -0.39 is 5.96 Å². The van der Waals surface area contributed by atoms with Crippen LogP contribution in [0.3, 0.4) is 0 Å². The molecule has 0 nitrogen and oxygen atoms in total. The predicted octanol–water partition coefficient (Wildman–Crippen LogP) is 0.993. The largest absolute Gasteiger partial charge is 1.00 e. The lowest BCUT2D eigenvalue weighted by Crippen LogP contribution is -3.00. The minimum absolute atomic E-state index is 0. The Hall–Kier alpha value is 0.350. The van der Waals surface area contributed by atoms with Gasteiger partial charge in [0.15, 0.2) is 0 Å². The molecule has 2 rings (SSSR count). The average Bonchev–Trinajstić information content (AvgIpc) is 2.44. The van der Waals surface area contributed by atoms with Gasteiger partial charge in [0.25, 0.3) is 0 Å². The Balaban J connectivity index is 0.00000112. The van der Waals surface area contributed by atoms with Crippen LogP contribution in [0.4, 0.5) is 0 Å². The Labute approximate surface area is 111 Å². The van der Waals surface area contributed by atoms with E-state index in [-0.39, 0.29) is 17.0 Å². The molecule has 0 fully saturated rings. The van der Waals surface area contributed by atoms with Crippen LogP contribution in [-0.4, -0.2) is 12.3 Å². The van der Waals surface area contributed by atoms with E-state index in [9.17, 15) is 0 Å². The molecule has 0 N–H and O–H groups in total. The molecule has 0 bridgehead atoms. The minimum Gasteiger partial charge on any atom is -1.00 e. The molecule has 0 saturated carbocycles. The first kappa shape index (κ1) is 13.4. The Morgan fingerprint density at radius 3 is 1.93 bits per heavy atom. The Morgan fingerprint density at radius 2 is 1.47 bits per heavy atom. The standard InChI is InChI=1S/C12H15BrP.BrH/c1-10-8-14(13,9-11(10)2)12-6-4-3-5-7-12;/h3-7H,8-9H2,1-2H3;1H/q+1;/p-1. The van der Waals surface area contributed by atoms with Gasteiger partial charge in [0.2, 0.25) is 0 Å². The number of benzene rings is 1. The van der Waals surface area contributed by atoms with E-state index in [4.69, 9.17) is 0 Å². The number of hydrogen-bond donors (Lipinski definition) is 0. The van der Waals surface area contributed by atoms with Crippen molar-refractivity contribution in [2.45, 2.75) is 13.8 Å². The smallest absolute Gasteiger partial charge is 0.145 e.